The van der Waals surface area contributed by atoms with Crippen molar-refractivity contribution in [1.82, 2.24) is 9.13 Å². The first kappa shape index (κ1) is 18.0. The molecule has 0 radical (unpaired) electrons. The van der Waals surface area contributed by atoms with Gasteiger partial charge >= 0.3 is 11.7 Å². The summed E-state index contributed by atoms with van der Waals surface area (Å²) in [7, 11) is 0. The quantitative estimate of drug-likeness (QED) is 0.558. The molecule has 1 heterocycles. The van der Waals surface area contributed by atoms with Crippen molar-refractivity contribution in [3.8, 4) is 5.69 Å². The second kappa shape index (κ2) is 6.98. The fraction of sp³-hybridized carbons (Fsp3) is 0.0476. The SMILES string of the molecule is O=C(O)c1cccc(Cn2c(=O)n(-c3ccc(F)cc3)c3cc(Cl)ccc32)c1. The maximum atomic E-state index is 13.3. The van der Waals surface area contributed by atoms with Crippen molar-refractivity contribution in [2.75, 3.05) is 0 Å². The van der Waals surface area contributed by atoms with Gasteiger partial charge in [-0.1, -0.05) is 23.7 Å². The number of rotatable bonds is 4. The van der Waals surface area contributed by atoms with Gasteiger partial charge in [-0.25, -0.2) is 14.0 Å². The van der Waals surface area contributed by atoms with Crippen molar-refractivity contribution in [3.63, 3.8) is 0 Å². The molecule has 0 aliphatic rings. The van der Waals surface area contributed by atoms with Crippen LogP contribution in [0.2, 0.25) is 5.02 Å². The molecule has 1 N–H and O–H groups in total. The van der Waals surface area contributed by atoms with Gasteiger partial charge in [0.15, 0.2) is 0 Å². The Morgan fingerprint density at radius 1 is 1.00 bits per heavy atom. The van der Waals surface area contributed by atoms with Crippen molar-refractivity contribution in [2.45, 2.75) is 6.54 Å². The molecular formula is C21H14ClFN2O3. The molecule has 0 bridgehead atoms. The normalized spacial score (nSPS) is 11.1. The Balaban J connectivity index is 1.91. The van der Waals surface area contributed by atoms with Crippen molar-refractivity contribution in [3.05, 3.63) is 99.2 Å². The number of fused-ring (bicyclic) bond motifs is 1. The van der Waals surface area contributed by atoms with Crippen LogP contribution >= 0.6 is 11.6 Å². The molecule has 0 aliphatic carbocycles. The summed E-state index contributed by atoms with van der Waals surface area (Å²) in [6, 6.07) is 17.1. The lowest BCUT2D eigenvalue weighted by Crippen LogP contribution is -2.23. The van der Waals surface area contributed by atoms with Gasteiger partial charge in [0.2, 0.25) is 0 Å². The maximum absolute atomic E-state index is 13.3. The highest BCUT2D eigenvalue weighted by molar-refractivity contribution is 6.31. The number of imidazole rings is 1. The van der Waals surface area contributed by atoms with Gasteiger partial charge in [0.05, 0.1) is 28.8 Å². The zero-order valence-corrected chi connectivity index (χ0v) is 15.2. The Bertz CT molecular complexity index is 1260. The second-order valence-corrected chi connectivity index (χ2v) is 6.76. The van der Waals surface area contributed by atoms with E-state index in [1.54, 1.807) is 30.3 Å². The molecule has 28 heavy (non-hydrogen) atoms. The van der Waals surface area contributed by atoms with Crippen LogP contribution < -0.4 is 5.69 Å². The molecule has 4 rings (SSSR count). The number of nitrogens with zero attached hydrogens (tertiary/aromatic N) is 2. The summed E-state index contributed by atoms with van der Waals surface area (Å²) in [6.45, 7) is 0.187. The Morgan fingerprint density at radius 2 is 1.75 bits per heavy atom. The first-order chi connectivity index (χ1) is 13.4. The van der Waals surface area contributed by atoms with Crippen LogP contribution in [-0.2, 0) is 6.54 Å². The van der Waals surface area contributed by atoms with Crippen LogP contribution in [0.4, 0.5) is 4.39 Å². The van der Waals surface area contributed by atoms with E-state index in [-0.39, 0.29) is 17.8 Å². The number of halogens is 2. The van der Waals surface area contributed by atoms with Crippen LogP contribution in [0.25, 0.3) is 16.7 Å². The predicted molar refractivity (Wildman–Crippen MR) is 105 cm³/mol. The highest BCUT2D eigenvalue weighted by Gasteiger charge is 2.16. The topological polar surface area (TPSA) is 64.2 Å². The van der Waals surface area contributed by atoms with Crippen molar-refractivity contribution in [2.24, 2.45) is 0 Å². The summed E-state index contributed by atoms with van der Waals surface area (Å²) in [6.07, 6.45) is 0. The smallest absolute Gasteiger partial charge is 0.335 e. The molecule has 0 unspecified atom stereocenters. The summed E-state index contributed by atoms with van der Waals surface area (Å²) in [4.78, 5) is 24.4. The largest absolute Gasteiger partial charge is 0.478 e. The standard InChI is InChI=1S/C21H14ClFN2O3/c22-15-4-9-18-19(11-15)25(17-7-5-16(23)6-8-17)21(28)24(18)12-13-2-1-3-14(10-13)20(26)27/h1-11H,12H2,(H,26,27). The van der Waals surface area contributed by atoms with Crippen molar-refractivity contribution in [1.29, 1.82) is 0 Å². The minimum absolute atomic E-state index is 0.149. The third-order valence-electron chi connectivity index (χ3n) is 4.49. The third-order valence-corrected chi connectivity index (χ3v) is 4.73. The Morgan fingerprint density at radius 3 is 2.46 bits per heavy atom. The molecular weight excluding hydrogens is 383 g/mol. The highest BCUT2D eigenvalue weighted by Crippen LogP contribution is 2.23. The first-order valence-electron chi connectivity index (χ1n) is 8.43. The summed E-state index contributed by atoms with van der Waals surface area (Å²) in [5.41, 5.74) is 2.23. The number of hydrogen-bond acceptors (Lipinski definition) is 2. The molecule has 4 aromatic rings. The molecule has 3 aromatic carbocycles. The summed E-state index contributed by atoms with van der Waals surface area (Å²) in [5, 5.41) is 9.66. The number of carboxylic acids is 1. The molecule has 7 heteroatoms. The van der Waals surface area contributed by atoms with E-state index in [1.807, 2.05) is 0 Å². The van der Waals surface area contributed by atoms with Crippen molar-refractivity contribution < 1.29 is 14.3 Å². The van der Waals surface area contributed by atoms with Gasteiger partial charge in [-0.2, -0.15) is 0 Å². The average Bonchev–Trinajstić information content (AvgIpc) is 2.94. The minimum atomic E-state index is -1.03. The summed E-state index contributed by atoms with van der Waals surface area (Å²) >= 11 is 6.13. The van der Waals surface area contributed by atoms with Crippen molar-refractivity contribution >= 4 is 28.6 Å². The van der Waals surface area contributed by atoms with Crippen LogP contribution in [-0.4, -0.2) is 20.2 Å². The number of aromatic nitrogens is 2. The van der Waals surface area contributed by atoms with E-state index in [0.717, 1.165) is 0 Å². The fourth-order valence-electron chi connectivity index (χ4n) is 3.21. The molecule has 140 valence electrons. The summed E-state index contributed by atoms with van der Waals surface area (Å²) < 4.78 is 16.3. The minimum Gasteiger partial charge on any atom is -0.478 e. The third kappa shape index (κ3) is 3.18. The van der Waals surface area contributed by atoms with Crippen LogP contribution in [0.3, 0.4) is 0 Å². The van der Waals surface area contributed by atoms with E-state index < -0.39 is 11.8 Å². The maximum Gasteiger partial charge on any atom is 0.335 e. The molecule has 0 spiro atoms. The first-order valence-corrected chi connectivity index (χ1v) is 8.81. The Labute approximate surface area is 163 Å². The van der Waals surface area contributed by atoms with Gasteiger partial charge in [-0.05, 0) is 60.2 Å². The molecule has 5 nitrogen and oxygen atoms in total. The van der Waals surface area contributed by atoms with Crippen LogP contribution in [0.1, 0.15) is 15.9 Å². The van der Waals surface area contributed by atoms with E-state index in [1.165, 1.54) is 45.5 Å². The zero-order chi connectivity index (χ0) is 19.8. The number of benzene rings is 3. The van der Waals surface area contributed by atoms with Gasteiger partial charge in [-0.3, -0.25) is 9.13 Å². The number of carbonyl (C=O) groups is 1. The number of aromatic carboxylic acids is 1. The zero-order valence-electron chi connectivity index (χ0n) is 14.5. The average molecular weight is 397 g/mol. The summed E-state index contributed by atoms with van der Waals surface area (Å²) in [5.74, 6) is -1.43. The number of carboxylic acid groups (broad SMARTS) is 1. The van der Waals surface area contributed by atoms with Gasteiger partial charge in [0.1, 0.15) is 5.82 Å². The molecule has 0 saturated heterocycles. The fourth-order valence-corrected chi connectivity index (χ4v) is 3.37. The van der Waals surface area contributed by atoms with Gasteiger partial charge in [0.25, 0.3) is 0 Å². The molecule has 1 aromatic heterocycles. The van der Waals surface area contributed by atoms with Gasteiger partial charge in [-0.15, -0.1) is 0 Å². The molecule has 0 aliphatic heterocycles. The van der Waals surface area contributed by atoms with E-state index in [2.05, 4.69) is 0 Å². The molecule has 0 atom stereocenters. The highest BCUT2D eigenvalue weighted by atomic mass is 35.5. The lowest BCUT2D eigenvalue weighted by Gasteiger charge is -2.05. The predicted octanol–water partition coefficient (Wildman–Crippen LogP) is 4.33. The monoisotopic (exact) mass is 396 g/mol. The van der Waals surface area contributed by atoms with E-state index in [0.29, 0.717) is 27.3 Å². The van der Waals surface area contributed by atoms with Crippen LogP contribution in [0.5, 0.6) is 0 Å². The van der Waals surface area contributed by atoms with E-state index in [9.17, 15) is 19.1 Å². The van der Waals surface area contributed by atoms with E-state index in [4.69, 9.17) is 11.6 Å². The Hall–Kier alpha value is -3.38. The second-order valence-electron chi connectivity index (χ2n) is 6.32. The lowest BCUT2D eigenvalue weighted by molar-refractivity contribution is 0.0696. The van der Waals surface area contributed by atoms with Crippen LogP contribution in [0.15, 0.2) is 71.5 Å². The van der Waals surface area contributed by atoms with Crippen LogP contribution in [0, 0.1) is 5.82 Å². The Kier molecular flexibility index (Phi) is 4.49. The number of hydrogen-bond donors (Lipinski definition) is 1. The van der Waals surface area contributed by atoms with E-state index >= 15 is 0 Å². The molecule has 0 fully saturated rings. The molecule has 0 saturated carbocycles. The van der Waals surface area contributed by atoms with Gasteiger partial charge < -0.3 is 5.11 Å². The lowest BCUT2D eigenvalue weighted by atomic mass is 10.1. The van der Waals surface area contributed by atoms with Gasteiger partial charge in [0, 0.05) is 5.02 Å². The molecule has 0 amide bonds.